The van der Waals surface area contributed by atoms with Gasteiger partial charge in [0.1, 0.15) is 11.3 Å². The summed E-state index contributed by atoms with van der Waals surface area (Å²) in [6.07, 6.45) is 3.72. The second kappa shape index (κ2) is 26.4. The lowest BCUT2D eigenvalue weighted by molar-refractivity contribution is 0.426. The largest absolute Gasteiger partial charge is 0.488 e. The molecule has 2 N–H and O–H groups in total. The summed E-state index contributed by atoms with van der Waals surface area (Å²) in [4.78, 5) is 9.39. The predicted molar refractivity (Wildman–Crippen MR) is 376 cm³/mol. The van der Waals surface area contributed by atoms with Crippen LogP contribution in [0.3, 0.4) is 0 Å². The van der Waals surface area contributed by atoms with Crippen LogP contribution in [-0.4, -0.2) is 45.4 Å². The van der Waals surface area contributed by atoms with E-state index in [1.54, 1.807) is 6.07 Å². The Hall–Kier alpha value is -9.84. The minimum Gasteiger partial charge on any atom is -0.423 e. The SMILES string of the molecule is Brc1cccc2c3cccnc3n(-c3ccccc3)c12.C.C.C.C.C.C.OB(O)c1ccc2c(c1)c1ccccc1n2-c1ccccc1.c1ccc(-n2c3ccccc3c3cc(-c4cccc5c6cccnc6n(-c6ccccc6)c45)ccc32)cc1. The number of fused-ring (bicyclic) bond motifs is 12. The number of halogens is 1. The molecule has 0 fully saturated rings. The van der Waals surface area contributed by atoms with Crippen LogP contribution in [0.2, 0.25) is 0 Å². The number of benzene rings is 10. The van der Waals surface area contributed by atoms with Gasteiger partial charge in [-0.25, -0.2) is 9.97 Å². The smallest absolute Gasteiger partial charge is 0.423 e. The molecule has 86 heavy (non-hydrogen) atoms. The molecule has 0 bridgehead atoms. The molecular formula is C76H72BBrN6O2. The van der Waals surface area contributed by atoms with Gasteiger partial charge in [-0.1, -0.05) is 202 Å². The third-order valence-electron chi connectivity index (χ3n) is 15.1. The Morgan fingerprint density at radius 1 is 0.302 bits per heavy atom. The summed E-state index contributed by atoms with van der Waals surface area (Å²) in [5, 5.41) is 28.2. The summed E-state index contributed by atoms with van der Waals surface area (Å²) in [7, 11) is -1.46. The summed E-state index contributed by atoms with van der Waals surface area (Å²) >= 11 is 3.67. The first-order valence-corrected chi connectivity index (χ1v) is 27.4. The Labute approximate surface area is 513 Å². The molecule has 0 radical (unpaired) electrons. The Morgan fingerprint density at radius 3 is 1.16 bits per heavy atom. The van der Waals surface area contributed by atoms with Crippen LogP contribution in [0.1, 0.15) is 44.6 Å². The molecule has 16 rings (SSSR count). The maximum absolute atomic E-state index is 9.43. The molecule has 0 aliphatic rings. The lowest BCUT2D eigenvalue weighted by Crippen LogP contribution is -2.29. The molecule has 0 saturated heterocycles. The maximum atomic E-state index is 9.43. The standard InChI is InChI=1S/C35H23N3.C18H14BNO2.C17H11BrN2.6CH4/c1-3-11-25(12-4-1)37-32-19-8-7-15-28(32)31-23-24(20-21-33(31)37)27-16-9-17-29-30-18-10-22-36-35(30)38(34(27)29)26-13-5-2-6-14-26;21-19(22)13-10-11-18-16(12-13)15-8-4-5-9-17(15)20(18)14-6-2-1-3-7-14;18-15-10-4-8-13-14-9-5-11-19-17(14)20(16(13)15)12-6-2-1-3-7-12;;;;;;/h1-23H;1-12,21-22H;1-11H;6*1H4. The molecule has 428 valence electrons. The van der Waals surface area contributed by atoms with Crippen LogP contribution in [0.15, 0.2) is 284 Å². The van der Waals surface area contributed by atoms with Gasteiger partial charge < -0.3 is 19.2 Å². The zero-order valence-corrected chi connectivity index (χ0v) is 44.7. The van der Waals surface area contributed by atoms with Crippen molar-refractivity contribution in [2.24, 2.45) is 0 Å². The molecule has 0 aliphatic carbocycles. The van der Waals surface area contributed by atoms with Crippen LogP contribution < -0.4 is 5.46 Å². The van der Waals surface area contributed by atoms with Gasteiger partial charge in [0.05, 0.1) is 33.1 Å². The van der Waals surface area contributed by atoms with Crippen molar-refractivity contribution in [2.45, 2.75) is 44.6 Å². The third kappa shape index (κ3) is 10.8. The molecule has 16 aromatic rings. The van der Waals surface area contributed by atoms with E-state index in [1.165, 1.54) is 60.3 Å². The quantitative estimate of drug-likeness (QED) is 0.162. The number of pyridine rings is 2. The van der Waals surface area contributed by atoms with Crippen molar-refractivity contribution in [3.05, 3.63) is 284 Å². The first-order chi connectivity index (χ1) is 39.5. The predicted octanol–water partition coefficient (Wildman–Crippen LogP) is 20.2. The van der Waals surface area contributed by atoms with Crippen molar-refractivity contribution in [1.82, 2.24) is 28.2 Å². The van der Waals surface area contributed by atoms with E-state index < -0.39 is 7.12 Å². The zero-order chi connectivity index (χ0) is 53.7. The van der Waals surface area contributed by atoms with E-state index in [1.807, 2.05) is 85.2 Å². The molecule has 6 heterocycles. The maximum Gasteiger partial charge on any atom is 0.488 e. The number of rotatable bonds is 6. The molecule has 8 nitrogen and oxygen atoms in total. The zero-order valence-electron chi connectivity index (χ0n) is 43.1. The van der Waals surface area contributed by atoms with Crippen LogP contribution in [0.25, 0.3) is 121 Å². The van der Waals surface area contributed by atoms with Crippen LogP contribution in [-0.2, 0) is 0 Å². The average molecular weight is 1190 g/mol. The van der Waals surface area contributed by atoms with Crippen molar-refractivity contribution in [1.29, 1.82) is 0 Å². The minimum atomic E-state index is -1.46. The van der Waals surface area contributed by atoms with Crippen LogP contribution in [0, 0.1) is 0 Å². The fraction of sp³-hybridized carbons (Fsp3) is 0.0789. The van der Waals surface area contributed by atoms with Crippen LogP contribution in [0.5, 0.6) is 0 Å². The summed E-state index contributed by atoms with van der Waals surface area (Å²) < 4.78 is 10.1. The molecule has 0 aliphatic heterocycles. The number of hydrogen-bond donors (Lipinski definition) is 2. The fourth-order valence-electron chi connectivity index (χ4n) is 11.6. The van der Waals surface area contributed by atoms with E-state index >= 15 is 0 Å². The molecular weight excluding hydrogens is 1120 g/mol. The highest BCUT2D eigenvalue weighted by molar-refractivity contribution is 9.10. The molecule has 10 aromatic carbocycles. The first kappa shape index (κ1) is 62.2. The summed E-state index contributed by atoms with van der Waals surface area (Å²) in [5.74, 6) is 0. The lowest BCUT2D eigenvalue weighted by Gasteiger charge is -2.12. The van der Waals surface area contributed by atoms with Gasteiger partial charge in [0.15, 0.2) is 0 Å². The summed E-state index contributed by atoms with van der Waals surface area (Å²) in [5.41, 5.74) is 16.3. The number of hydrogen-bond acceptors (Lipinski definition) is 4. The molecule has 0 saturated carbocycles. The van der Waals surface area contributed by atoms with Gasteiger partial charge in [-0.15, -0.1) is 0 Å². The molecule has 0 amide bonds. The fourth-order valence-corrected chi connectivity index (χ4v) is 12.2. The summed E-state index contributed by atoms with van der Waals surface area (Å²) in [6.45, 7) is 0. The van der Waals surface area contributed by atoms with Crippen molar-refractivity contribution < 1.29 is 10.0 Å². The van der Waals surface area contributed by atoms with Crippen molar-refractivity contribution in [2.75, 3.05) is 0 Å². The average Bonchev–Trinajstić information content (AvgIpc) is 1.66. The monoisotopic (exact) mass is 1190 g/mol. The van der Waals surface area contributed by atoms with E-state index in [0.717, 1.165) is 65.5 Å². The summed E-state index contributed by atoms with van der Waals surface area (Å²) in [6, 6.07) is 92.1. The highest BCUT2D eigenvalue weighted by atomic mass is 79.9. The van der Waals surface area contributed by atoms with Gasteiger partial charge in [0, 0.05) is 88.3 Å². The van der Waals surface area contributed by atoms with Gasteiger partial charge in [-0.05, 0) is 136 Å². The number of aromatic nitrogens is 6. The number of para-hydroxylation sites is 8. The molecule has 6 aromatic heterocycles. The minimum absolute atomic E-state index is 0. The van der Waals surface area contributed by atoms with Gasteiger partial charge in [0.25, 0.3) is 0 Å². The highest BCUT2D eigenvalue weighted by Gasteiger charge is 2.21. The van der Waals surface area contributed by atoms with E-state index in [4.69, 9.17) is 4.98 Å². The normalized spacial score (nSPS) is 10.6. The second-order valence-electron chi connectivity index (χ2n) is 19.7. The van der Waals surface area contributed by atoms with Crippen LogP contribution in [0.4, 0.5) is 0 Å². The third-order valence-corrected chi connectivity index (χ3v) is 15.7. The molecule has 0 spiro atoms. The molecule has 10 heteroatoms. The van der Waals surface area contributed by atoms with Crippen molar-refractivity contribution >= 4 is 116 Å². The Bertz CT molecular complexity index is 4940. The van der Waals surface area contributed by atoms with Gasteiger partial charge in [0.2, 0.25) is 0 Å². The van der Waals surface area contributed by atoms with Gasteiger partial charge in [-0.3, -0.25) is 9.13 Å². The van der Waals surface area contributed by atoms with Crippen LogP contribution >= 0.6 is 15.9 Å². The van der Waals surface area contributed by atoms with E-state index in [2.05, 4.69) is 227 Å². The van der Waals surface area contributed by atoms with Gasteiger partial charge >= 0.3 is 7.12 Å². The second-order valence-corrected chi connectivity index (χ2v) is 20.5. The van der Waals surface area contributed by atoms with E-state index in [-0.39, 0.29) is 44.6 Å². The lowest BCUT2D eigenvalue weighted by atomic mass is 9.80. The first-order valence-electron chi connectivity index (χ1n) is 26.6. The van der Waals surface area contributed by atoms with E-state index in [9.17, 15) is 10.0 Å². The Balaban J connectivity index is 0.000000173. The molecule has 0 unspecified atom stereocenters. The highest BCUT2D eigenvalue weighted by Crippen LogP contribution is 2.41. The topological polar surface area (TPSA) is 86.0 Å². The van der Waals surface area contributed by atoms with Crippen molar-refractivity contribution in [3.8, 4) is 33.9 Å². The Morgan fingerprint density at radius 2 is 0.674 bits per heavy atom. The Kier molecular flexibility index (Phi) is 19.1. The van der Waals surface area contributed by atoms with E-state index in [0.29, 0.717) is 5.46 Å². The number of nitrogens with zero attached hydrogens (tertiary/aromatic N) is 6. The molecule has 0 atom stereocenters. The van der Waals surface area contributed by atoms with Gasteiger partial charge in [-0.2, -0.15) is 0 Å². The van der Waals surface area contributed by atoms with Crippen molar-refractivity contribution in [3.63, 3.8) is 0 Å².